The van der Waals surface area contributed by atoms with E-state index in [1.165, 1.54) is 6.33 Å². The van der Waals surface area contributed by atoms with Gasteiger partial charge in [-0.3, -0.25) is 4.79 Å². The minimum Gasteiger partial charge on any atom is -0.352 e. The van der Waals surface area contributed by atoms with Crippen LogP contribution in [0.2, 0.25) is 10.0 Å². The molecular formula is C18H16Cl2N4O. The molecule has 0 aliphatic rings. The first-order chi connectivity index (χ1) is 12.1. The van der Waals surface area contributed by atoms with Gasteiger partial charge < -0.3 is 5.32 Å². The summed E-state index contributed by atoms with van der Waals surface area (Å²) in [5.74, 6) is -0.128. The van der Waals surface area contributed by atoms with E-state index in [0.29, 0.717) is 28.7 Å². The highest BCUT2D eigenvalue weighted by atomic mass is 35.5. The largest absolute Gasteiger partial charge is 0.352 e. The van der Waals surface area contributed by atoms with Gasteiger partial charge in [0, 0.05) is 16.6 Å². The number of carbonyl (C=O) groups is 1. The van der Waals surface area contributed by atoms with Gasteiger partial charge in [-0.1, -0.05) is 53.5 Å². The Kier molecular flexibility index (Phi) is 5.68. The highest BCUT2D eigenvalue weighted by molar-refractivity contribution is 6.36. The van der Waals surface area contributed by atoms with Crippen LogP contribution in [0.1, 0.15) is 16.7 Å². The number of amides is 1. The molecule has 3 aromatic rings. The molecule has 0 spiro atoms. The summed E-state index contributed by atoms with van der Waals surface area (Å²) in [6, 6.07) is 13.2. The van der Waals surface area contributed by atoms with Crippen LogP contribution in [-0.4, -0.2) is 20.7 Å². The highest BCUT2D eigenvalue weighted by Gasteiger charge is 2.10. The van der Waals surface area contributed by atoms with E-state index in [9.17, 15) is 4.79 Å². The van der Waals surface area contributed by atoms with Crippen LogP contribution >= 0.6 is 23.2 Å². The second-order valence-electron chi connectivity index (χ2n) is 5.57. The van der Waals surface area contributed by atoms with E-state index in [1.807, 2.05) is 24.3 Å². The number of benzene rings is 2. The van der Waals surface area contributed by atoms with E-state index in [4.69, 9.17) is 23.2 Å². The van der Waals surface area contributed by atoms with Crippen molar-refractivity contribution in [2.75, 3.05) is 0 Å². The van der Waals surface area contributed by atoms with Crippen molar-refractivity contribution in [1.29, 1.82) is 0 Å². The lowest BCUT2D eigenvalue weighted by molar-refractivity contribution is -0.120. The van der Waals surface area contributed by atoms with Crippen molar-refractivity contribution in [3.63, 3.8) is 0 Å². The standard InChI is InChI=1S/C18H16Cl2N4O/c19-16-5-2-6-17(20)15(16)8-18(25)22-9-13-3-1-4-14(7-13)10-24-12-21-11-23-24/h1-7,11-12H,8-10H2,(H,22,25). The third-order valence-corrected chi connectivity index (χ3v) is 4.40. The molecule has 0 fully saturated rings. The Labute approximate surface area is 155 Å². The fraction of sp³-hybridized carbons (Fsp3) is 0.167. The van der Waals surface area contributed by atoms with Gasteiger partial charge in [-0.25, -0.2) is 9.67 Å². The molecule has 1 aromatic heterocycles. The van der Waals surface area contributed by atoms with E-state index >= 15 is 0 Å². The summed E-state index contributed by atoms with van der Waals surface area (Å²) >= 11 is 12.2. The van der Waals surface area contributed by atoms with Gasteiger partial charge in [0.1, 0.15) is 12.7 Å². The third kappa shape index (κ3) is 4.81. The SMILES string of the molecule is O=C(Cc1c(Cl)cccc1Cl)NCc1cccc(Cn2cncn2)c1. The zero-order valence-corrected chi connectivity index (χ0v) is 14.8. The molecule has 128 valence electrons. The third-order valence-electron chi connectivity index (χ3n) is 3.69. The average molecular weight is 375 g/mol. The first-order valence-electron chi connectivity index (χ1n) is 7.71. The van der Waals surface area contributed by atoms with Crippen molar-refractivity contribution >= 4 is 29.1 Å². The van der Waals surface area contributed by atoms with Crippen molar-refractivity contribution < 1.29 is 4.79 Å². The summed E-state index contributed by atoms with van der Waals surface area (Å²) in [6.07, 6.45) is 3.32. The predicted molar refractivity (Wildman–Crippen MR) is 97.6 cm³/mol. The monoisotopic (exact) mass is 374 g/mol. The summed E-state index contributed by atoms with van der Waals surface area (Å²) in [4.78, 5) is 16.1. The zero-order valence-electron chi connectivity index (χ0n) is 13.3. The zero-order chi connectivity index (χ0) is 17.6. The van der Waals surface area contributed by atoms with Crippen LogP contribution in [-0.2, 0) is 24.3 Å². The lowest BCUT2D eigenvalue weighted by Gasteiger charge is -2.09. The maximum Gasteiger partial charge on any atom is 0.224 e. The minimum atomic E-state index is -0.128. The van der Waals surface area contributed by atoms with Gasteiger partial charge >= 0.3 is 0 Å². The summed E-state index contributed by atoms with van der Waals surface area (Å²) in [5, 5.41) is 7.98. The maximum absolute atomic E-state index is 12.2. The quantitative estimate of drug-likeness (QED) is 0.718. The molecule has 0 saturated carbocycles. The van der Waals surface area contributed by atoms with Crippen LogP contribution in [0.4, 0.5) is 0 Å². The van der Waals surface area contributed by atoms with Gasteiger partial charge in [0.15, 0.2) is 0 Å². The fourth-order valence-corrected chi connectivity index (χ4v) is 3.00. The van der Waals surface area contributed by atoms with Crippen molar-refractivity contribution in [1.82, 2.24) is 20.1 Å². The lowest BCUT2D eigenvalue weighted by Crippen LogP contribution is -2.24. The van der Waals surface area contributed by atoms with Crippen LogP contribution in [0, 0.1) is 0 Å². The molecule has 0 aliphatic carbocycles. The molecule has 1 heterocycles. The molecular weight excluding hydrogens is 359 g/mol. The first kappa shape index (κ1) is 17.5. The number of nitrogens with zero attached hydrogens (tertiary/aromatic N) is 3. The molecule has 2 aromatic carbocycles. The molecule has 25 heavy (non-hydrogen) atoms. The van der Waals surface area contributed by atoms with Gasteiger partial charge in [-0.15, -0.1) is 0 Å². The Hall–Kier alpha value is -2.37. The summed E-state index contributed by atoms with van der Waals surface area (Å²) in [5.41, 5.74) is 2.74. The molecule has 0 atom stereocenters. The van der Waals surface area contributed by atoms with Crippen LogP contribution in [0.15, 0.2) is 55.1 Å². The molecule has 0 aliphatic heterocycles. The summed E-state index contributed by atoms with van der Waals surface area (Å²) in [6.45, 7) is 1.07. The Morgan fingerprint density at radius 3 is 2.52 bits per heavy atom. The van der Waals surface area contributed by atoms with Crippen molar-refractivity contribution in [2.45, 2.75) is 19.5 Å². The van der Waals surface area contributed by atoms with Crippen LogP contribution < -0.4 is 5.32 Å². The number of aromatic nitrogens is 3. The summed E-state index contributed by atoms with van der Waals surface area (Å²) in [7, 11) is 0. The van der Waals surface area contributed by atoms with Crippen LogP contribution in [0.25, 0.3) is 0 Å². The van der Waals surface area contributed by atoms with E-state index < -0.39 is 0 Å². The molecule has 7 heteroatoms. The smallest absolute Gasteiger partial charge is 0.224 e. The van der Waals surface area contributed by atoms with E-state index in [2.05, 4.69) is 15.4 Å². The molecule has 0 radical (unpaired) electrons. The molecule has 5 nitrogen and oxygen atoms in total. The Balaban J connectivity index is 1.59. The second-order valence-corrected chi connectivity index (χ2v) is 6.38. The number of carbonyl (C=O) groups excluding carboxylic acids is 1. The topological polar surface area (TPSA) is 59.8 Å². The molecule has 0 bridgehead atoms. The van der Waals surface area contributed by atoms with Crippen molar-refractivity contribution in [3.8, 4) is 0 Å². The second kappa shape index (κ2) is 8.14. The van der Waals surface area contributed by atoms with E-state index in [-0.39, 0.29) is 12.3 Å². The Morgan fingerprint density at radius 2 is 1.80 bits per heavy atom. The number of hydrogen-bond acceptors (Lipinski definition) is 3. The summed E-state index contributed by atoms with van der Waals surface area (Å²) < 4.78 is 1.75. The minimum absolute atomic E-state index is 0.128. The number of rotatable bonds is 6. The molecule has 1 N–H and O–H groups in total. The van der Waals surface area contributed by atoms with Gasteiger partial charge in [0.25, 0.3) is 0 Å². The average Bonchev–Trinajstić information content (AvgIpc) is 3.10. The molecule has 0 unspecified atom stereocenters. The van der Waals surface area contributed by atoms with Crippen molar-refractivity contribution in [2.24, 2.45) is 0 Å². The van der Waals surface area contributed by atoms with Gasteiger partial charge in [0.2, 0.25) is 5.91 Å². The molecule has 3 rings (SSSR count). The Bertz CT molecular complexity index is 845. The molecule has 1 amide bonds. The number of nitrogens with one attached hydrogen (secondary N) is 1. The maximum atomic E-state index is 12.2. The normalized spacial score (nSPS) is 10.6. The van der Waals surface area contributed by atoms with E-state index in [0.717, 1.165) is 11.1 Å². The highest BCUT2D eigenvalue weighted by Crippen LogP contribution is 2.24. The van der Waals surface area contributed by atoms with Gasteiger partial charge in [0.05, 0.1) is 13.0 Å². The van der Waals surface area contributed by atoms with Gasteiger partial charge in [-0.2, -0.15) is 5.10 Å². The number of hydrogen-bond donors (Lipinski definition) is 1. The first-order valence-corrected chi connectivity index (χ1v) is 8.47. The van der Waals surface area contributed by atoms with Crippen molar-refractivity contribution in [3.05, 3.63) is 81.9 Å². The van der Waals surface area contributed by atoms with Gasteiger partial charge in [-0.05, 0) is 28.8 Å². The number of halogens is 2. The van der Waals surface area contributed by atoms with Crippen LogP contribution in [0.3, 0.4) is 0 Å². The fourth-order valence-electron chi connectivity index (χ4n) is 2.46. The van der Waals surface area contributed by atoms with E-state index in [1.54, 1.807) is 29.2 Å². The lowest BCUT2D eigenvalue weighted by atomic mass is 10.1. The predicted octanol–water partition coefficient (Wildman–Crippen LogP) is 3.49. The van der Waals surface area contributed by atoms with Crippen LogP contribution in [0.5, 0.6) is 0 Å². The molecule has 0 saturated heterocycles. The Morgan fingerprint density at radius 1 is 1.08 bits per heavy atom.